The number of imide groups is 1. The molecule has 16 heavy (non-hydrogen) atoms. The van der Waals surface area contributed by atoms with Crippen molar-refractivity contribution in [2.45, 2.75) is 13.8 Å². The largest absolute Gasteiger partial charge is 0.274 e. The molecule has 0 unspecified atom stereocenters. The van der Waals surface area contributed by atoms with Crippen LogP contribution in [0.25, 0.3) is 0 Å². The molecule has 0 aliphatic carbocycles. The standard InChI is InChI=1S/C11H13IN2O2/c1-7(2)10(15)14(13)11(16)8-3-5-9(12)6-4-8/h3-7H,13H2,1-2H3. The first-order valence-electron chi connectivity index (χ1n) is 4.82. The zero-order valence-corrected chi connectivity index (χ0v) is 11.3. The maximum atomic E-state index is 11.8. The van der Waals surface area contributed by atoms with Gasteiger partial charge in [-0.05, 0) is 46.9 Å². The van der Waals surface area contributed by atoms with E-state index in [1.807, 2.05) is 0 Å². The Balaban J connectivity index is 2.86. The Morgan fingerprint density at radius 3 is 2.19 bits per heavy atom. The summed E-state index contributed by atoms with van der Waals surface area (Å²) >= 11 is 2.14. The minimum atomic E-state index is -0.477. The van der Waals surface area contributed by atoms with Crippen LogP contribution in [0.2, 0.25) is 0 Å². The van der Waals surface area contributed by atoms with Crippen molar-refractivity contribution in [2.75, 3.05) is 0 Å². The van der Waals surface area contributed by atoms with E-state index in [1.54, 1.807) is 38.1 Å². The second-order valence-electron chi connectivity index (χ2n) is 3.67. The van der Waals surface area contributed by atoms with Gasteiger partial charge in [0, 0.05) is 15.1 Å². The van der Waals surface area contributed by atoms with E-state index in [0.29, 0.717) is 10.6 Å². The van der Waals surface area contributed by atoms with Gasteiger partial charge < -0.3 is 0 Å². The number of rotatable bonds is 2. The predicted molar refractivity (Wildman–Crippen MR) is 69.4 cm³/mol. The molecular weight excluding hydrogens is 319 g/mol. The average Bonchev–Trinajstić information content (AvgIpc) is 2.27. The molecule has 0 saturated carbocycles. The lowest BCUT2D eigenvalue weighted by molar-refractivity contribution is -0.132. The second kappa shape index (κ2) is 5.40. The van der Waals surface area contributed by atoms with Crippen LogP contribution in [-0.2, 0) is 4.79 Å². The van der Waals surface area contributed by atoms with E-state index in [-0.39, 0.29) is 11.8 Å². The van der Waals surface area contributed by atoms with Crippen LogP contribution in [0.5, 0.6) is 0 Å². The van der Waals surface area contributed by atoms with E-state index in [4.69, 9.17) is 5.84 Å². The summed E-state index contributed by atoms with van der Waals surface area (Å²) in [6.07, 6.45) is 0. The molecule has 0 atom stereocenters. The summed E-state index contributed by atoms with van der Waals surface area (Å²) in [7, 11) is 0. The lowest BCUT2D eigenvalue weighted by Gasteiger charge is -2.16. The Morgan fingerprint density at radius 1 is 1.25 bits per heavy atom. The summed E-state index contributed by atoms with van der Waals surface area (Å²) in [5.74, 6) is 4.31. The third-order valence-corrected chi connectivity index (χ3v) is 2.76. The highest BCUT2D eigenvalue weighted by atomic mass is 127. The fourth-order valence-corrected chi connectivity index (χ4v) is 1.47. The van der Waals surface area contributed by atoms with Crippen molar-refractivity contribution >= 4 is 34.4 Å². The van der Waals surface area contributed by atoms with Gasteiger partial charge in [0.05, 0.1) is 0 Å². The summed E-state index contributed by atoms with van der Waals surface area (Å²) in [5, 5.41) is 0.673. The van der Waals surface area contributed by atoms with Gasteiger partial charge in [-0.3, -0.25) is 9.59 Å². The summed E-state index contributed by atoms with van der Waals surface area (Å²) in [4.78, 5) is 23.3. The normalized spacial score (nSPS) is 10.3. The molecule has 1 rings (SSSR count). The van der Waals surface area contributed by atoms with Crippen molar-refractivity contribution in [1.82, 2.24) is 5.01 Å². The quantitative estimate of drug-likeness (QED) is 0.389. The molecule has 0 radical (unpaired) electrons. The molecule has 2 amide bonds. The number of carbonyl (C=O) groups is 2. The topological polar surface area (TPSA) is 63.4 Å². The highest BCUT2D eigenvalue weighted by molar-refractivity contribution is 14.1. The van der Waals surface area contributed by atoms with E-state index in [0.717, 1.165) is 3.57 Å². The lowest BCUT2D eigenvalue weighted by Crippen LogP contribution is -2.44. The van der Waals surface area contributed by atoms with Crippen LogP contribution >= 0.6 is 22.6 Å². The van der Waals surface area contributed by atoms with Crippen LogP contribution in [0.3, 0.4) is 0 Å². The van der Waals surface area contributed by atoms with Crippen molar-refractivity contribution in [3.8, 4) is 0 Å². The molecule has 2 N–H and O–H groups in total. The molecule has 4 nitrogen and oxygen atoms in total. The van der Waals surface area contributed by atoms with E-state index in [9.17, 15) is 9.59 Å². The Hall–Kier alpha value is -0.950. The molecule has 0 spiro atoms. The highest BCUT2D eigenvalue weighted by Crippen LogP contribution is 2.09. The van der Waals surface area contributed by atoms with Gasteiger partial charge in [0.15, 0.2) is 0 Å². The molecular formula is C11H13IN2O2. The molecule has 86 valence electrons. The second-order valence-corrected chi connectivity index (χ2v) is 4.92. The molecule has 0 saturated heterocycles. The molecule has 0 bridgehead atoms. The SMILES string of the molecule is CC(C)C(=O)N(N)C(=O)c1ccc(I)cc1. The molecule has 0 fully saturated rings. The Kier molecular flexibility index (Phi) is 4.43. The first kappa shape index (κ1) is 13.1. The minimum Gasteiger partial charge on any atom is -0.273 e. The zero-order valence-electron chi connectivity index (χ0n) is 9.11. The number of nitrogens with zero attached hydrogens (tertiary/aromatic N) is 1. The monoisotopic (exact) mass is 332 g/mol. The van der Waals surface area contributed by atoms with Crippen LogP contribution in [-0.4, -0.2) is 16.8 Å². The summed E-state index contributed by atoms with van der Waals surface area (Å²) in [5.41, 5.74) is 0.414. The smallest absolute Gasteiger partial charge is 0.273 e. The summed E-state index contributed by atoms with van der Waals surface area (Å²) in [6.45, 7) is 3.40. The van der Waals surface area contributed by atoms with E-state index >= 15 is 0 Å². The van der Waals surface area contributed by atoms with Crippen LogP contribution in [0.4, 0.5) is 0 Å². The molecule has 0 aliphatic rings. The van der Waals surface area contributed by atoms with Crippen LogP contribution in [0.1, 0.15) is 24.2 Å². The molecule has 0 aliphatic heterocycles. The fourth-order valence-electron chi connectivity index (χ4n) is 1.11. The minimum absolute atomic E-state index is 0.294. The molecule has 5 heteroatoms. The number of nitrogens with two attached hydrogens (primary N) is 1. The molecule has 1 aromatic rings. The number of hydrogen-bond donors (Lipinski definition) is 1. The van der Waals surface area contributed by atoms with Crippen molar-refractivity contribution in [3.63, 3.8) is 0 Å². The van der Waals surface area contributed by atoms with Gasteiger partial charge >= 0.3 is 0 Å². The molecule has 0 aromatic heterocycles. The first-order chi connectivity index (χ1) is 7.43. The van der Waals surface area contributed by atoms with Gasteiger partial charge in [0.25, 0.3) is 5.91 Å². The predicted octanol–water partition coefficient (Wildman–Crippen LogP) is 1.79. The fraction of sp³-hybridized carbons (Fsp3) is 0.273. The first-order valence-corrected chi connectivity index (χ1v) is 5.90. The number of benzene rings is 1. The van der Waals surface area contributed by atoms with Crippen molar-refractivity contribution in [2.24, 2.45) is 11.8 Å². The Morgan fingerprint density at radius 2 is 1.75 bits per heavy atom. The van der Waals surface area contributed by atoms with Gasteiger partial charge in [-0.1, -0.05) is 13.8 Å². The van der Waals surface area contributed by atoms with Gasteiger partial charge in [-0.2, -0.15) is 0 Å². The van der Waals surface area contributed by atoms with Gasteiger partial charge in [-0.25, -0.2) is 10.9 Å². The molecule has 1 aromatic carbocycles. The third kappa shape index (κ3) is 3.02. The van der Waals surface area contributed by atoms with Crippen LogP contribution in [0.15, 0.2) is 24.3 Å². The number of hydrogen-bond acceptors (Lipinski definition) is 3. The van der Waals surface area contributed by atoms with Crippen molar-refractivity contribution < 1.29 is 9.59 Å². The number of carbonyl (C=O) groups excluding carboxylic acids is 2. The number of hydrazine groups is 1. The average molecular weight is 332 g/mol. The maximum absolute atomic E-state index is 11.8. The van der Waals surface area contributed by atoms with E-state index in [2.05, 4.69) is 22.6 Å². The maximum Gasteiger partial charge on any atom is 0.274 e. The Labute approximate surface area is 108 Å². The number of amides is 2. The van der Waals surface area contributed by atoms with E-state index < -0.39 is 5.91 Å². The Bertz CT molecular complexity index is 401. The van der Waals surface area contributed by atoms with Gasteiger partial charge in [-0.15, -0.1) is 0 Å². The third-order valence-electron chi connectivity index (χ3n) is 2.04. The summed E-state index contributed by atoms with van der Waals surface area (Å²) < 4.78 is 1.02. The van der Waals surface area contributed by atoms with Crippen molar-refractivity contribution in [1.29, 1.82) is 0 Å². The summed E-state index contributed by atoms with van der Waals surface area (Å²) in [6, 6.07) is 6.89. The molecule has 0 heterocycles. The van der Waals surface area contributed by atoms with Crippen LogP contribution in [0, 0.1) is 9.49 Å². The zero-order chi connectivity index (χ0) is 12.3. The van der Waals surface area contributed by atoms with Gasteiger partial charge in [0.2, 0.25) is 5.91 Å². The van der Waals surface area contributed by atoms with E-state index in [1.165, 1.54) is 0 Å². The number of halogens is 1. The van der Waals surface area contributed by atoms with Gasteiger partial charge in [0.1, 0.15) is 0 Å². The van der Waals surface area contributed by atoms with Crippen molar-refractivity contribution in [3.05, 3.63) is 33.4 Å². The van der Waals surface area contributed by atoms with Crippen LogP contribution < -0.4 is 5.84 Å². The highest BCUT2D eigenvalue weighted by Gasteiger charge is 2.21. The lowest BCUT2D eigenvalue weighted by atomic mass is 10.1.